The largest absolute Gasteiger partial charge is 0.618 e. The number of hydrogen-bond donors (Lipinski definition) is 1. The summed E-state index contributed by atoms with van der Waals surface area (Å²) in [5.41, 5.74) is 0.613. The van der Waals surface area contributed by atoms with Crippen LogP contribution < -0.4 is 10.1 Å². The summed E-state index contributed by atoms with van der Waals surface area (Å²) in [4.78, 5) is 29.0. The Labute approximate surface area is 192 Å². The molecule has 0 saturated carbocycles. The normalized spacial score (nSPS) is 35.8. The Bertz CT molecular complexity index is 1300. The van der Waals surface area contributed by atoms with Crippen molar-refractivity contribution in [2.75, 3.05) is 6.54 Å². The molecule has 1 unspecified atom stereocenters. The van der Waals surface area contributed by atoms with Crippen molar-refractivity contribution in [3.63, 3.8) is 0 Å². The highest BCUT2D eigenvalue weighted by atomic mass is 16.5. The number of benzene rings is 1. The fourth-order valence-corrected chi connectivity index (χ4v) is 7.43. The second-order valence-corrected chi connectivity index (χ2v) is 11.5. The van der Waals surface area contributed by atoms with E-state index in [2.05, 4.69) is 19.2 Å². The maximum absolute atomic E-state index is 13.9. The predicted molar refractivity (Wildman–Crippen MR) is 123 cm³/mol. The molecular weight excluding hydrogens is 418 g/mol. The highest BCUT2D eigenvalue weighted by Crippen LogP contribution is 2.61. The van der Waals surface area contributed by atoms with Crippen LogP contribution in [0.5, 0.6) is 5.75 Å². The monoisotopic (exact) mass is 445 g/mol. The Balaban J connectivity index is 1.49. The van der Waals surface area contributed by atoms with Gasteiger partial charge in [0, 0.05) is 12.5 Å². The van der Waals surface area contributed by atoms with E-state index in [0.29, 0.717) is 36.5 Å². The highest BCUT2D eigenvalue weighted by Gasteiger charge is 2.74. The van der Waals surface area contributed by atoms with E-state index in [1.165, 1.54) is 0 Å². The molecule has 8 rings (SSSR count). The van der Waals surface area contributed by atoms with Gasteiger partial charge in [-0.2, -0.15) is 4.74 Å². The molecule has 6 aliphatic heterocycles. The first-order valence-corrected chi connectivity index (χ1v) is 11.8. The van der Waals surface area contributed by atoms with Gasteiger partial charge in [-0.15, -0.1) is 0 Å². The van der Waals surface area contributed by atoms with E-state index in [1.54, 1.807) is 0 Å². The Kier molecular flexibility index (Phi) is 3.14. The first-order valence-electron chi connectivity index (χ1n) is 11.8. The Hall–Kier alpha value is -3.09. The SMILES string of the molecule is CC1(C)C=Cc2c(ccc3c2[N+]([O-])=C2C3=C[C@]34NC(=O)[C@]5(CCCN5C3=O)CC4C2(C)C)O1. The van der Waals surface area contributed by atoms with Gasteiger partial charge in [0.2, 0.25) is 17.3 Å². The third kappa shape index (κ3) is 1.98. The average molecular weight is 446 g/mol. The molecule has 2 amide bonds. The zero-order chi connectivity index (χ0) is 23.1. The van der Waals surface area contributed by atoms with Crippen molar-refractivity contribution < 1.29 is 19.1 Å². The van der Waals surface area contributed by atoms with Crippen molar-refractivity contribution >= 4 is 34.9 Å². The molecule has 0 aromatic heterocycles. The van der Waals surface area contributed by atoms with Crippen LogP contribution in [0.25, 0.3) is 11.6 Å². The molecular formula is C26H27N3O4. The molecule has 1 N–H and O–H groups in total. The topological polar surface area (TPSA) is 84.7 Å². The van der Waals surface area contributed by atoms with E-state index >= 15 is 0 Å². The lowest BCUT2D eigenvalue weighted by atomic mass is 9.51. The number of fused-ring (bicyclic) bond motifs is 6. The second-order valence-electron chi connectivity index (χ2n) is 11.5. The van der Waals surface area contributed by atoms with Crippen molar-refractivity contribution in [2.45, 2.75) is 63.6 Å². The predicted octanol–water partition coefficient (Wildman–Crippen LogP) is 3.14. The summed E-state index contributed by atoms with van der Waals surface area (Å²) in [6.45, 7) is 8.69. The minimum absolute atomic E-state index is 0.0238. The lowest BCUT2D eigenvalue weighted by molar-refractivity contribution is -0.362. The molecule has 3 atom stereocenters. The van der Waals surface area contributed by atoms with Crippen molar-refractivity contribution in [2.24, 2.45) is 11.3 Å². The van der Waals surface area contributed by atoms with Gasteiger partial charge in [-0.25, -0.2) is 0 Å². The molecule has 33 heavy (non-hydrogen) atoms. The molecule has 2 bridgehead atoms. The lowest BCUT2D eigenvalue weighted by Gasteiger charge is -2.62. The van der Waals surface area contributed by atoms with Crippen LogP contribution in [0.15, 0.2) is 24.3 Å². The van der Waals surface area contributed by atoms with Gasteiger partial charge < -0.3 is 20.2 Å². The van der Waals surface area contributed by atoms with Gasteiger partial charge in [-0.1, -0.05) is 0 Å². The van der Waals surface area contributed by atoms with Gasteiger partial charge in [-0.3, -0.25) is 9.59 Å². The van der Waals surface area contributed by atoms with Crippen molar-refractivity contribution in [3.05, 3.63) is 40.6 Å². The molecule has 1 aromatic rings. The fourth-order valence-electron chi connectivity index (χ4n) is 7.43. The number of rotatable bonds is 0. The number of ether oxygens (including phenoxy) is 1. The number of carbonyl (C=O) groups excluding carboxylic acids is 2. The maximum Gasteiger partial charge on any atom is 0.253 e. The summed E-state index contributed by atoms with van der Waals surface area (Å²) < 4.78 is 7.18. The summed E-state index contributed by atoms with van der Waals surface area (Å²) in [5, 5.41) is 17.0. The quantitative estimate of drug-likeness (QED) is 0.491. The minimum Gasteiger partial charge on any atom is -0.618 e. The van der Waals surface area contributed by atoms with Crippen molar-refractivity contribution in [3.8, 4) is 5.75 Å². The molecule has 4 saturated heterocycles. The van der Waals surface area contributed by atoms with Gasteiger partial charge >= 0.3 is 0 Å². The van der Waals surface area contributed by atoms with Crippen LogP contribution in [-0.4, -0.2) is 50.4 Å². The van der Waals surface area contributed by atoms with Crippen molar-refractivity contribution in [1.82, 2.24) is 10.2 Å². The van der Waals surface area contributed by atoms with Crippen molar-refractivity contribution in [1.29, 1.82) is 0 Å². The highest BCUT2D eigenvalue weighted by molar-refractivity contribution is 6.30. The molecule has 7 aliphatic rings. The average Bonchev–Trinajstić information content (AvgIpc) is 3.29. The third-order valence-corrected chi connectivity index (χ3v) is 8.93. The standard InChI is InChI=1S/C26H27N3O4/c1-23(2)10-8-15-17(33-23)7-6-14-16-12-26-18(24(3,4)20(16)29(32)19(14)15)13-25(21(30)27-26)9-5-11-28(25)22(26)31/h6-8,10,12,18H,5,9,11,13H2,1-4H3,(H,27,30)/t18?,25-,26+/m0/s1. The number of allylic oxidation sites excluding steroid dienone is 1. The summed E-state index contributed by atoms with van der Waals surface area (Å²) in [6, 6.07) is 3.82. The summed E-state index contributed by atoms with van der Waals surface area (Å²) in [5.74, 6) is 0.424. The molecule has 1 aliphatic carbocycles. The summed E-state index contributed by atoms with van der Waals surface area (Å²) in [6.07, 6.45) is 7.93. The van der Waals surface area contributed by atoms with Gasteiger partial charge in [0.25, 0.3) is 5.91 Å². The molecule has 1 aromatic carbocycles. The van der Waals surface area contributed by atoms with Crippen LogP contribution in [0, 0.1) is 16.5 Å². The second kappa shape index (κ2) is 5.34. The Morgan fingerprint density at radius 3 is 2.79 bits per heavy atom. The van der Waals surface area contributed by atoms with Crippen LogP contribution in [0.4, 0.5) is 5.69 Å². The number of nitrogens with zero attached hydrogens (tertiary/aromatic N) is 2. The smallest absolute Gasteiger partial charge is 0.253 e. The first-order chi connectivity index (χ1) is 15.5. The number of carbonyl (C=O) groups is 2. The van der Waals surface area contributed by atoms with E-state index in [0.717, 1.165) is 27.9 Å². The van der Waals surface area contributed by atoms with Gasteiger partial charge in [-0.05, 0) is 77.3 Å². The summed E-state index contributed by atoms with van der Waals surface area (Å²) in [7, 11) is 0. The molecule has 7 heteroatoms. The van der Waals surface area contributed by atoms with Crippen LogP contribution in [0.1, 0.15) is 58.1 Å². The number of piperidine rings is 2. The Morgan fingerprint density at radius 2 is 2.00 bits per heavy atom. The third-order valence-electron chi connectivity index (χ3n) is 8.93. The summed E-state index contributed by atoms with van der Waals surface area (Å²) >= 11 is 0. The molecule has 0 radical (unpaired) electrons. The lowest BCUT2D eigenvalue weighted by Crippen LogP contribution is -2.83. The van der Waals surface area contributed by atoms with E-state index in [-0.39, 0.29) is 17.7 Å². The molecule has 170 valence electrons. The minimum atomic E-state index is -1.11. The van der Waals surface area contributed by atoms with Gasteiger partial charge in [0.05, 0.1) is 22.1 Å². The van der Waals surface area contributed by atoms with E-state index < -0.39 is 22.1 Å². The number of hydrogen-bond acceptors (Lipinski definition) is 4. The number of nitrogens with one attached hydrogen (secondary N) is 1. The zero-order valence-electron chi connectivity index (χ0n) is 19.3. The van der Waals surface area contributed by atoms with Crippen LogP contribution in [-0.2, 0) is 9.59 Å². The molecule has 4 fully saturated rings. The number of piperazine rings is 1. The molecule has 6 heterocycles. The molecule has 2 spiro atoms. The van der Waals surface area contributed by atoms with E-state index in [4.69, 9.17) is 4.74 Å². The number of amides is 2. The van der Waals surface area contributed by atoms with Gasteiger partial charge in [0.15, 0.2) is 0 Å². The fraction of sp³-hybridized carbons (Fsp3) is 0.500. The Morgan fingerprint density at radius 1 is 1.21 bits per heavy atom. The van der Waals surface area contributed by atoms with Gasteiger partial charge in [0.1, 0.15) is 22.4 Å². The van der Waals surface area contributed by atoms with Crippen LogP contribution in [0.3, 0.4) is 0 Å². The van der Waals surface area contributed by atoms with E-state index in [9.17, 15) is 14.8 Å². The van der Waals surface area contributed by atoms with Crippen LogP contribution in [0.2, 0.25) is 0 Å². The maximum atomic E-state index is 13.9. The molecule has 7 nitrogen and oxygen atoms in total. The van der Waals surface area contributed by atoms with E-state index in [1.807, 2.05) is 49.1 Å². The zero-order valence-corrected chi connectivity index (χ0v) is 19.3. The van der Waals surface area contributed by atoms with Crippen LogP contribution >= 0.6 is 0 Å². The first kappa shape index (κ1) is 19.4.